The summed E-state index contributed by atoms with van der Waals surface area (Å²) >= 11 is 7.70. The quantitative estimate of drug-likeness (QED) is 0.509. The van der Waals surface area contributed by atoms with E-state index in [1.165, 1.54) is 39.9 Å². The van der Waals surface area contributed by atoms with Crippen molar-refractivity contribution in [2.45, 2.75) is 11.4 Å². The summed E-state index contributed by atoms with van der Waals surface area (Å²) in [5, 5.41) is 4.87. The van der Waals surface area contributed by atoms with Crippen molar-refractivity contribution in [1.29, 1.82) is 0 Å². The summed E-state index contributed by atoms with van der Waals surface area (Å²) in [6, 6.07) is 16.6. The Morgan fingerprint density at radius 2 is 1.90 bits per heavy atom. The molecule has 1 N–H and O–H groups in total. The molecule has 0 aliphatic carbocycles. The third kappa shape index (κ3) is 4.87. The number of hydrogen-bond acceptors (Lipinski definition) is 4. The van der Waals surface area contributed by atoms with E-state index in [0.717, 1.165) is 4.88 Å². The second kappa shape index (κ2) is 9.26. The van der Waals surface area contributed by atoms with Gasteiger partial charge in [0.25, 0.3) is 15.9 Å². The minimum atomic E-state index is -3.92. The van der Waals surface area contributed by atoms with Gasteiger partial charge in [-0.25, -0.2) is 8.42 Å². The number of anilines is 1. The molecular formula is C21H19ClN2O3S2. The molecule has 0 spiro atoms. The van der Waals surface area contributed by atoms with Crippen molar-refractivity contribution < 1.29 is 13.2 Å². The Morgan fingerprint density at radius 3 is 2.55 bits per heavy atom. The fraction of sp³-hybridized carbons (Fsp3) is 0.0952. The monoisotopic (exact) mass is 446 g/mol. The number of carbonyl (C=O) groups is 1. The van der Waals surface area contributed by atoms with Crippen molar-refractivity contribution in [2.24, 2.45) is 0 Å². The van der Waals surface area contributed by atoms with Gasteiger partial charge in [-0.05, 0) is 41.8 Å². The fourth-order valence-corrected chi connectivity index (χ4v) is 5.01. The van der Waals surface area contributed by atoms with Gasteiger partial charge in [-0.3, -0.25) is 9.10 Å². The Kier molecular flexibility index (Phi) is 6.74. The molecular weight excluding hydrogens is 428 g/mol. The highest BCUT2D eigenvalue weighted by molar-refractivity contribution is 7.92. The summed E-state index contributed by atoms with van der Waals surface area (Å²) in [5.74, 6) is -0.435. The number of hydrogen-bond donors (Lipinski definition) is 1. The SMILES string of the molecule is C=CCN(c1ccccc1)S(=O)(=O)c1ccc(Cl)c(C(=O)NCc2cccs2)c1. The molecule has 150 valence electrons. The first-order valence-corrected chi connectivity index (χ1v) is 11.4. The number of carbonyl (C=O) groups excluding carboxylic acids is 1. The van der Waals surface area contributed by atoms with Gasteiger partial charge < -0.3 is 5.32 Å². The van der Waals surface area contributed by atoms with Gasteiger partial charge in [0, 0.05) is 4.88 Å². The Bertz CT molecular complexity index is 1100. The van der Waals surface area contributed by atoms with Gasteiger partial charge in [0.1, 0.15) is 0 Å². The predicted molar refractivity (Wildman–Crippen MR) is 118 cm³/mol. The maximum atomic E-state index is 13.3. The number of thiophene rings is 1. The highest BCUT2D eigenvalue weighted by Crippen LogP contribution is 2.27. The number of sulfonamides is 1. The molecule has 2 aromatic carbocycles. The molecule has 0 fully saturated rings. The maximum Gasteiger partial charge on any atom is 0.264 e. The summed E-state index contributed by atoms with van der Waals surface area (Å²) < 4.78 is 27.7. The van der Waals surface area contributed by atoms with Crippen LogP contribution < -0.4 is 9.62 Å². The van der Waals surface area contributed by atoms with Crippen LogP contribution >= 0.6 is 22.9 Å². The lowest BCUT2D eigenvalue weighted by Crippen LogP contribution is -2.31. The van der Waals surface area contributed by atoms with Gasteiger partial charge in [0.15, 0.2) is 0 Å². The summed E-state index contributed by atoms with van der Waals surface area (Å²) in [7, 11) is -3.92. The van der Waals surface area contributed by atoms with Gasteiger partial charge >= 0.3 is 0 Å². The number of nitrogens with zero attached hydrogens (tertiary/aromatic N) is 1. The lowest BCUT2D eigenvalue weighted by atomic mass is 10.2. The topological polar surface area (TPSA) is 66.5 Å². The van der Waals surface area contributed by atoms with E-state index in [4.69, 9.17) is 11.6 Å². The van der Waals surface area contributed by atoms with Crippen LogP contribution in [0, 0.1) is 0 Å². The van der Waals surface area contributed by atoms with E-state index >= 15 is 0 Å². The van der Waals surface area contributed by atoms with Crippen LogP contribution in [0.2, 0.25) is 5.02 Å². The van der Waals surface area contributed by atoms with Gasteiger partial charge in [-0.2, -0.15) is 0 Å². The first-order valence-electron chi connectivity index (χ1n) is 8.72. The predicted octanol–water partition coefficient (Wildman–Crippen LogP) is 4.71. The number of amides is 1. The first-order chi connectivity index (χ1) is 13.9. The van der Waals surface area contributed by atoms with Gasteiger partial charge in [-0.15, -0.1) is 17.9 Å². The third-order valence-corrected chi connectivity index (χ3v) is 7.11. The minimum Gasteiger partial charge on any atom is -0.347 e. The Hall–Kier alpha value is -2.61. The highest BCUT2D eigenvalue weighted by Gasteiger charge is 2.25. The van der Waals surface area contributed by atoms with Crippen LogP contribution in [0.25, 0.3) is 0 Å². The number of para-hydroxylation sites is 1. The number of benzene rings is 2. The van der Waals surface area contributed by atoms with Crippen molar-refractivity contribution in [3.8, 4) is 0 Å². The van der Waals surface area contributed by atoms with Crippen LogP contribution in [0.3, 0.4) is 0 Å². The molecule has 29 heavy (non-hydrogen) atoms. The summed E-state index contributed by atoms with van der Waals surface area (Å²) in [4.78, 5) is 13.6. The van der Waals surface area contributed by atoms with Crippen molar-refractivity contribution in [3.63, 3.8) is 0 Å². The van der Waals surface area contributed by atoms with E-state index < -0.39 is 15.9 Å². The van der Waals surface area contributed by atoms with E-state index in [2.05, 4.69) is 11.9 Å². The zero-order valence-electron chi connectivity index (χ0n) is 15.4. The highest BCUT2D eigenvalue weighted by atomic mass is 35.5. The van der Waals surface area contributed by atoms with Crippen LogP contribution in [0.4, 0.5) is 5.69 Å². The van der Waals surface area contributed by atoms with E-state index in [1.807, 2.05) is 17.5 Å². The molecule has 0 unspecified atom stereocenters. The average Bonchev–Trinajstić information content (AvgIpc) is 3.24. The smallest absolute Gasteiger partial charge is 0.264 e. The van der Waals surface area contributed by atoms with Gasteiger partial charge in [0.2, 0.25) is 0 Å². The summed E-state index contributed by atoms with van der Waals surface area (Å²) in [6.45, 7) is 4.09. The van der Waals surface area contributed by atoms with Gasteiger partial charge in [-0.1, -0.05) is 41.9 Å². The Balaban J connectivity index is 1.92. The van der Waals surface area contributed by atoms with Crippen LogP contribution in [-0.4, -0.2) is 20.9 Å². The molecule has 0 aliphatic heterocycles. The molecule has 1 amide bonds. The Morgan fingerprint density at radius 1 is 1.14 bits per heavy atom. The molecule has 5 nitrogen and oxygen atoms in total. The van der Waals surface area contributed by atoms with Crippen LogP contribution in [0.1, 0.15) is 15.2 Å². The molecule has 0 atom stereocenters. The lowest BCUT2D eigenvalue weighted by Gasteiger charge is -2.23. The van der Waals surface area contributed by atoms with Crippen molar-refractivity contribution >= 4 is 44.6 Å². The third-order valence-electron chi connectivity index (χ3n) is 4.11. The number of rotatable bonds is 8. The molecule has 1 aromatic heterocycles. The average molecular weight is 447 g/mol. The molecule has 1 heterocycles. The lowest BCUT2D eigenvalue weighted by molar-refractivity contribution is 0.0951. The second-order valence-corrected chi connectivity index (χ2v) is 9.37. The van der Waals surface area contributed by atoms with E-state index in [-0.39, 0.29) is 22.0 Å². The molecule has 0 bridgehead atoms. The zero-order valence-corrected chi connectivity index (χ0v) is 17.8. The number of nitrogens with one attached hydrogen (secondary N) is 1. The summed E-state index contributed by atoms with van der Waals surface area (Å²) in [6.07, 6.45) is 1.51. The van der Waals surface area contributed by atoms with Crippen LogP contribution in [0.5, 0.6) is 0 Å². The van der Waals surface area contributed by atoms with Crippen molar-refractivity contribution in [3.05, 3.63) is 94.2 Å². The normalized spacial score (nSPS) is 11.1. The molecule has 8 heteroatoms. The van der Waals surface area contributed by atoms with Crippen molar-refractivity contribution in [2.75, 3.05) is 10.8 Å². The molecule has 0 aliphatic rings. The molecule has 3 rings (SSSR count). The van der Waals surface area contributed by atoms with Crippen molar-refractivity contribution in [1.82, 2.24) is 5.32 Å². The fourth-order valence-electron chi connectivity index (χ4n) is 2.70. The summed E-state index contributed by atoms with van der Waals surface area (Å²) in [5.41, 5.74) is 0.613. The van der Waals surface area contributed by atoms with E-state index in [1.54, 1.807) is 30.3 Å². The molecule has 3 aromatic rings. The largest absolute Gasteiger partial charge is 0.347 e. The van der Waals surface area contributed by atoms with E-state index in [9.17, 15) is 13.2 Å². The molecule has 0 radical (unpaired) electrons. The van der Waals surface area contributed by atoms with Crippen LogP contribution in [0.15, 0.2) is 83.6 Å². The first kappa shape index (κ1) is 21.1. The molecule has 0 saturated carbocycles. The van der Waals surface area contributed by atoms with Crippen LogP contribution in [-0.2, 0) is 16.6 Å². The Labute approximate surface area is 179 Å². The maximum absolute atomic E-state index is 13.3. The standard InChI is InChI=1S/C21H19ClN2O3S2/c1-2-12-24(16-7-4-3-5-8-16)29(26,27)18-10-11-20(22)19(14-18)21(25)23-15-17-9-6-13-28-17/h2-11,13-14H,1,12,15H2,(H,23,25). The molecule has 0 saturated heterocycles. The van der Waals surface area contributed by atoms with E-state index in [0.29, 0.717) is 12.2 Å². The zero-order chi connectivity index (χ0) is 20.9. The van der Waals surface area contributed by atoms with Gasteiger partial charge in [0.05, 0.1) is 34.3 Å². The second-order valence-electron chi connectivity index (χ2n) is 6.06. The minimum absolute atomic E-state index is 0.0196. The number of halogens is 1.